The van der Waals surface area contributed by atoms with E-state index in [9.17, 15) is 9.59 Å². The maximum absolute atomic E-state index is 12.9. The van der Waals surface area contributed by atoms with E-state index in [2.05, 4.69) is 16.3 Å². The van der Waals surface area contributed by atoms with Gasteiger partial charge >= 0.3 is 0 Å². The lowest BCUT2D eigenvalue weighted by Gasteiger charge is -2.35. The number of carbonyl (C=O) groups is 2. The quantitative estimate of drug-likeness (QED) is 0.881. The second-order valence-corrected chi connectivity index (χ2v) is 7.60. The number of benzene rings is 1. The highest BCUT2D eigenvalue weighted by Gasteiger charge is 2.27. The van der Waals surface area contributed by atoms with Crippen molar-refractivity contribution in [2.75, 3.05) is 31.1 Å². The summed E-state index contributed by atoms with van der Waals surface area (Å²) in [5.41, 5.74) is 1.85. The Kier molecular flexibility index (Phi) is 6.17. The Bertz CT molecular complexity index is 632. The van der Waals surface area contributed by atoms with E-state index in [1.165, 1.54) is 0 Å². The molecule has 2 amide bonds. The Labute approximate surface area is 156 Å². The summed E-state index contributed by atoms with van der Waals surface area (Å²) in [6.07, 6.45) is 4.93. The number of nitrogens with zero attached hydrogens (tertiary/aromatic N) is 2. The van der Waals surface area contributed by atoms with Crippen molar-refractivity contribution in [3.8, 4) is 0 Å². The fourth-order valence-electron chi connectivity index (χ4n) is 3.81. The minimum atomic E-state index is 0.0758. The molecule has 0 bridgehead atoms. The molecule has 1 aromatic carbocycles. The zero-order valence-electron chi connectivity index (χ0n) is 16.0. The summed E-state index contributed by atoms with van der Waals surface area (Å²) in [4.78, 5) is 29.3. The average molecular weight is 357 g/mol. The normalized spacial score (nSPS) is 19.5. The highest BCUT2D eigenvalue weighted by molar-refractivity contribution is 6.00. The Balaban J connectivity index is 1.63. The van der Waals surface area contributed by atoms with E-state index in [-0.39, 0.29) is 23.8 Å². The lowest BCUT2D eigenvalue weighted by molar-refractivity contribution is -0.125. The molecule has 2 heterocycles. The van der Waals surface area contributed by atoms with Gasteiger partial charge in [-0.05, 0) is 44.2 Å². The van der Waals surface area contributed by atoms with Gasteiger partial charge in [0, 0.05) is 43.8 Å². The van der Waals surface area contributed by atoms with Crippen molar-refractivity contribution in [1.29, 1.82) is 0 Å². The van der Waals surface area contributed by atoms with Crippen LogP contribution < -0.4 is 10.2 Å². The predicted octanol–water partition coefficient (Wildman–Crippen LogP) is 3.05. The molecular weight excluding hydrogens is 326 g/mol. The van der Waals surface area contributed by atoms with Crippen LogP contribution in [0.3, 0.4) is 0 Å². The lowest BCUT2D eigenvalue weighted by atomic mass is 10.0. The number of nitrogens with one attached hydrogen (secondary N) is 1. The van der Waals surface area contributed by atoms with Crippen LogP contribution in [-0.2, 0) is 4.79 Å². The minimum Gasteiger partial charge on any atom is -0.371 e. The van der Waals surface area contributed by atoms with Crippen LogP contribution in [0.4, 0.5) is 5.69 Å². The molecule has 1 aromatic rings. The van der Waals surface area contributed by atoms with Gasteiger partial charge in [0.25, 0.3) is 5.91 Å². The van der Waals surface area contributed by atoms with Crippen LogP contribution in [-0.4, -0.2) is 48.9 Å². The van der Waals surface area contributed by atoms with Gasteiger partial charge in [-0.15, -0.1) is 0 Å². The molecule has 0 spiro atoms. The van der Waals surface area contributed by atoms with Gasteiger partial charge in [0.2, 0.25) is 5.91 Å². The zero-order chi connectivity index (χ0) is 18.5. The van der Waals surface area contributed by atoms with E-state index in [4.69, 9.17) is 0 Å². The molecule has 0 unspecified atom stereocenters. The van der Waals surface area contributed by atoms with Gasteiger partial charge in [0.15, 0.2) is 0 Å². The summed E-state index contributed by atoms with van der Waals surface area (Å²) in [7, 11) is 0. The van der Waals surface area contributed by atoms with Gasteiger partial charge in [0.05, 0.1) is 5.56 Å². The Morgan fingerprint density at radius 3 is 2.42 bits per heavy atom. The number of hydrogen-bond donors (Lipinski definition) is 1. The van der Waals surface area contributed by atoms with Crippen LogP contribution in [0.5, 0.6) is 0 Å². The van der Waals surface area contributed by atoms with Crippen molar-refractivity contribution in [1.82, 2.24) is 10.2 Å². The largest absolute Gasteiger partial charge is 0.371 e. The van der Waals surface area contributed by atoms with Gasteiger partial charge < -0.3 is 15.1 Å². The number of hydrogen-bond acceptors (Lipinski definition) is 3. The molecule has 3 rings (SSSR count). The molecule has 2 fully saturated rings. The fraction of sp³-hybridized carbons (Fsp3) is 0.619. The number of amides is 2. The molecule has 1 N–H and O–H groups in total. The molecule has 0 radical (unpaired) electrons. The van der Waals surface area contributed by atoms with E-state index in [1.54, 1.807) is 0 Å². The molecule has 142 valence electrons. The van der Waals surface area contributed by atoms with Gasteiger partial charge in [-0.1, -0.05) is 26.0 Å². The van der Waals surface area contributed by atoms with Crippen molar-refractivity contribution in [2.45, 2.75) is 52.0 Å². The summed E-state index contributed by atoms with van der Waals surface area (Å²) in [5, 5.41) is 3.18. The molecule has 1 atom stereocenters. The SMILES string of the molecule is CC[C@@H](C)C(=O)NC1CCN(c2ccccc2C(=O)N2CCCC2)CC1. The van der Waals surface area contributed by atoms with Crippen LogP contribution >= 0.6 is 0 Å². The maximum atomic E-state index is 12.9. The summed E-state index contributed by atoms with van der Waals surface area (Å²) >= 11 is 0. The smallest absolute Gasteiger partial charge is 0.255 e. The van der Waals surface area contributed by atoms with Crippen molar-refractivity contribution >= 4 is 17.5 Å². The van der Waals surface area contributed by atoms with Crippen LogP contribution in [0.2, 0.25) is 0 Å². The lowest BCUT2D eigenvalue weighted by Crippen LogP contribution is -2.46. The van der Waals surface area contributed by atoms with E-state index in [0.29, 0.717) is 0 Å². The van der Waals surface area contributed by atoms with Crippen molar-refractivity contribution in [3.63, 3.8) is 0 Å². The molecule has 2 aliphatic heterocycles. The van der Waals surface area contributed by atoms with Gasteiger partial charge in [-0.2, -0.15) is 0 Å². The minimum absolute atomic E-state index is 0.0758. The first-order valence-electron chi connectivity index (χ1n) is 10.0. The standard InChI is InChI=1S/C21H31N3O2/c1-3-16(2)20(25)22-17-10-14-23(15-11-17)19-9-5-4-8-18(19)21(26)24-12-6-7-13-24/h4-5,8-9,16-17H,3,6-7,10-15H2,1-2H3,(H,22,25)/t16-/m1/s1. The molecule has 26 heavy (non-hydrogen) atoms. The number of anilines is 1. The molecule has 2 saturated heterocycles. The monoisotopic (exact) mass is 357 g/mol. The summed E-state index contributed by atoms with van der Waals surface area (Å²) < 4.78 is 0. The Morgan fingerprint density at radius 1 is 1.12 bits per heavy atom. The third kappa shape index (κ3) is 4.19. The third-order valence-corrected chi connectivity index (χ3v) is 5.77. The third-order valence-electron chi connectivity index (χ3n) is 5.77. The number of para-hydroxylation sites is 1. The van der Waals surface area contributed by atoms with Crippen LogP contribution in [0, 0.1) is 5.92 Å². The summed E-state index contributed by atoms with van der Waals surface area (Å²) in [5.74, 6) is 0.396. The van der Waals surface area contributed by atoms with E-state index in [0.717, 1.165) is 69.5 Å². The van der Waals surface area contributed by atoms with Crippen molar-refractivity contribution < 1.29 is 9.59 Å². The van der Waals surface area contributed by atoms with E-state index >= 15 is 0 Å². The van der Waals surface area contributed by atoms with E-state index in [1.807, 2.05) is 36.9 Å². The highest BCUT2D eigenvalue weighted by atomic mass is 16.2. The fourth-order valence-corrected chi connectivity index (χ4v) is 3.81. The topological polar surface area (TPSA) is 52.7 Å². The van der Waals surface area contributed by atoms with Crippen LogP contribution in [0.25, 0.3) is 0 Å². The molecule has 0 aliphatic carbocycles. The zero-order valence-corrected chi connectivity index (χ0v) is 16.0. The summed E-state index contributed by atoms with van der Waals surface area (Å²) in [6, 6.07) is 8.21. The molecule has 0 saturated carbocycles. The molecular formula is C21H31N3O2. The second kappa shape index (κ2) is 8.56. The molecule has 2 aliphatic rings. The van der Waals surface area contributed by atoms with E-state index < -0.39 is 0 Å². The van der Waals surface area contributed by atoms with Crippen LogP contribution in [0.15, 0.2) is 24.3 Å². The number of rotatable bonds is 5. The first-order chi connectivity index (χ1) is 12.6. The second-order valence-electron chi connectivity index (χ2n) is 7.60. The first-order valence-corrected chi connectivity index (χ1v) is 10.0. The van der Waals surface area contributed by atoms with Crippen molar-refractivity contribution in [2.24, 2.45) is 5.92 Å². The predicted molar refractivity (Wildman–Crippen MR) is 104 cm³/mol. The molecule has 5 heteroatoms. The number of carbonyl (C=O) groups excluding carboxylic acids is 2. The Hall–Kier alpha value is -2.04. The summed E-state index contributed by atoms with van der Waals surface area (Å²) in [6.45, 7) is 7.51. The first kappa shape index (κ1) is 18.7. The van der Waals surface area contributed by atoms with Gasteiger partial charge in [0.1, 0.15) is 0 Å². The van der Waals surface area contributed by atoms with Crippen LogP contribution in [0.1, 0.15) is 56.3 Å². The van der Waals surface area contributed by atoms with Gasteiger partial charge in [-0.25, -0.2) is 0 Å². The van der Waals surface area contributed by atoms with Crippen molar-refractivity contribution in [3.05, 3.63) is 29.8 Å². The van der Waals surface area contributed by atoms with Gasteiger partial charge in [-0.3, -0.25) is 9.59 Å². The molecule has 0 aromatic heterocycles. The highest BCUT2D eigenvalue weighted by Crippen LogP contribution is 2.26. The Morgan fingerprint density at radius 2 is 1.77 bits per heavy atom. The maximum Gasteiger partial charge on any atom is 0.255 e. The average Bonchev–Trinajstić information content (AvgIpc) is 3.22. The number of piperidine rings is 1. The number of likely N-dealkylation sites (tertiary alicyclic amines) is 1. The molecule has 5 nitrogen and oxygen atoms in total.